The van der Waals surface area contributed by atoms with Gasteiger partial charge >= 0.3 is 6.18 Å². The highest BCUT2D eigenvalue weighted by molar-refractivity contribution is 7.92. The Balaban J connectivity index is 1.77. The Morgan fingerprint density at radius 3 is 2.38 bits per heavy atom. The number of aromatic nitrogens is 2. The van der Waals surface area contributed by atoms with Gasteiger partial charge in [0, 0.05) is 13.1 Å². The van der Waals surface area contributed by atoms with Gasteiger partial charge < -0.3 is 9.64 Å². The number of morpholine rings is 1. The molecule has 26 heavy (non-hydrogen) atoms. The summed E-state index contributed by atoms with van der Waals surface area (Å²) in [6, 6.07) is 3.50. The topological polar surface area (TPSA) is 84.4 Å². The number of benzene rings is 1. The molecule has 0 radical (unpaired) electrons. The largest absolute Gasteiger partial charge is 0.416 e. The van der Waals surface area contributed by atoms with Gasteiger partial charge in [-0.2, -0.15) is 13.2 Å². The quantitative estimate of drug-likeness (QED) is 0.864. The number of halogens is 3. The highest BCUT2D eigenvalue weighted by Gasteiger charge is 2.31. The molecule has 140 valence electrons. The summed E-state index contributed by atoms with van der Waals surface area (Å²) < 4.78 is 70.3. The first-order valence-corrected chi connectivity index (χ1v) is 9.09. The minimum atomic E-state index is -4.63. The molecule has 2 heterocycles. The molecule has 0 bridgehead atoms. The highest BCUT2D eigenvalue weighted by Crippen LogP contribution is 2.30. The van der Waals surface area contributed by atoms with Gasteiger partial charge in [0.05, 0.1) is 41.8 Å². The zero-order valence-corrected chi connectivity index (χ0v) is 14.2. The van der Waals surface area contributed by atoms with Gasteiger partial charge in [-0.25, -0.2) is 18.4 Å². The van der Waals surface area contributed by atoms with E-state index in [0.29, 0.717) is 38.3 Å². The zero-order valence-electron chi connectivity index (χ0n) is 13.4. The van der Waals surface area contributed by atoms with Gasteiger partial charge in [-0.3, -0.25) is 4.72 Å². The van der Waals surface area contributed by atoms with Crippen molar-refractivity contribution in [3.63, 3.8) is 0 Å². The summed E-state index contributed by atoms with van der Waals surface area (Å²) in [5.74, 6) is 0.426. The van der Waals surface area contributed by atoms with Gasteiger partial charge in [0.1, 0.15) is 0 Å². The lowest BCUT2D eigenvalue weighted by Crippen LogP contribution is -2.37. The molecule has 1 aromatic carbocycles. The number of rotatable bonds is 4. The van der Waals surface area contributed by atoms with E-state index < -0.39 is 26.7 Å². The fourth-order valence-corrected chi connectivity index (χ4v) is 3.43. The van der Waals surface area contributed by atoms with Crippen molar-refractivity contribution in [3.8, 4) is 0 Å². The van der Waals surface area contributed by atoms with E-state index in [4.69, 9.17) is 4.74 Å². The van der Waals surface area contributed by atoms with Crippen LogP contribution in [0.1, 0.15) is 5.56 Å². The van der Waals surface area contributed by atoms with Crippen LogP contribution in [0.3, 0.4) is 0 Å². The van der Waals surface area contributed by atoms with Crippen molar-refractivity contribution >= 4 is 21.7 Å². The van der Waals surface area contributed by atoms with E-state index >= 15 is 0 Å². The van der Waals surface area contributed by atoms with Crippen LogP contribution in [0.2, 0.25) is 0 Å². The molecule has 7 nitrogen and oxygen atoms in total. The average Bonchev–Trinajstić information content (AvgIpc) is 2.62. The maximum absolute atomic E-state index is 12.8. The molecule has 0 spiro atoms. The smallest absolute Gasteiger partial charge is 0.378 e. The summed E-state index contributed by atoms with van der Waals surface area (Å²) >= 11 is 0. The summed E-state index contributed by atoms with van der Waals surface area (Å²) in [5, 5.41) is 0. The van der Waals surface area contributed by atoms with Crippen molar-refractivity contribution < 1.29 is 26.3 Å². The molecule has 0 amide bonds. The molecular weight excluding hydrogens is 373 g/mol. The highest BCUT2D eigenvalue weighted by atomic mass is 32.2. The Bertz CT molecular complexity index is 866. The first-order chi connectivity index (χ1) is 12.3. The van der Waals surface area contributed by atoms with Gasteiger partial charge in [0.15, 0.2) is 0 Å². The van der Waals surface area contributed by atoms with Crippen molar-refractivity contribution in [2.45, 2.75) is 11.1 Å². The number of hydrogen-bond acceptors (Lipinski definition) is 6. The van der Waals surface area contributed by atoms with Crippen molar-refractivity contribution in [1.82, 2.24) is 9.97 Å². The van der Waals surface area contributed by atoms with E-state index in [2.05, 4.69) is 14.7 Å². The molecule has 1 fully saturated rings. The molecule has 0 atom stereocenters. The molecule has 3 rings (SSSR count). The van der Waals surface area contributed by atoms with Crippen LogP contribution in [0, 0.1) is 0 Å². The summed E-state index contributed by atoms with van der Waals surface area (Å²) in [7, 11) is -4.20. The average molecular weight is 388 g/mol. The predicted octanol–water partition coefficient (Wildman–Crippen LogP) is 2.13. The third kappa shape index (κ3) is 4.22. The number of ether oxygens (including phenoxy) is 1. The Labute approximate surface area is 147 Å². The number of nitrogens with one attached hydrogen (secondary N) is 1. The second-order valence-corrected chi connectivity index (χ2v) is 7.18. The van der Waals surface area contributed by atoms with Crippen LogP contribution in [0.25, 0.3) is 0 Å². The Hall–Kier alpha value is -2.40. The van der Waals surface area contributed by atoms with Gasteiger partial charge in [-0.05, 0) is 18.2 Å². The molecule has 0 aliphatic carbocycles. The van der Waals surface area contributed by atoms with E-state index in [1.165, 1.54) is 12.4 Å². The molecule has 0 saturated carbocycles. The molecular formula is C15H15F3N4O3S. The number of nitrogens with zero attached hydrogens (tertiary/aromatic N) is 3. The van der Waals surface area contributed by atoms with Crippen molar-refractivity contribution in [2.24, 2.45) is 0 Å². The number of alkyl halides is 3. The molecule has 1 N–H and O–H groups in total. The summed E-state index contributed by atoms with van der Waals surface area (Å²) in [6.45, 7) is 2.34. The van der Waals surface area contributed by atoms with Crippen molar-refractivity contribution in [3.05, 3.63) is 42.2 Å². The first kappa shape index (κ1) is 18.4. The maximum atomic E-state index is 12.8. The van der Waals surface area contributed by atoms with Crippen LogP contribution in [-0.4, -0.2) is 44.7 Å². The third-order valence-electron chi connectivity index (χ3n) is 3.66. The van der Waals surface area contributed by atoms with Crippen molar-refractivity contribution in [1.29, 1.82) is 0 Å². The van der Waals surface area contributed by atoms with Gasteiger partial charge in [0.2, 0.25) is 5.95 Å². The van der Waals surface area contributed by atoms with E-state index in [-0.39, 0.29) is 5.69 Å². The van der Waals surface area contributed by atoms with Crippen molar-refractivity contribution in [2.75, 3.05) is 35.9 Å². The molecule has 1 aliphatic rings. The minimum absolute atomic E-state index is 0.0550. The number of hydrogen-bond donors (Lipinski definition) is 1. The fraction of sp³-hybridized carbons (Fsp3) is 0.333. The second-order valence-electron chi connectivity index (χ2n) is 5.50. The monoisotopic (exact) mass is 388 g/mol. The summed E-state index contributed by atoms with van der Waals surface area (Å²) in [4.78, 5) is 9.57. The molecule has 11 heteroatoms. The Kier molecular flexibility index (Phi) is 5.01. The summed E-state index contributed by atoms with van der Waals surface area (Å²) in [5.41, 5.74) is -0.987. The number of anilines is 2. The second kappa shape index (κ2) is 7.08. The van der Waals surface area contributed by atoms with Crippen LogP contribution >= 0.6 is 0 Å². The number of sulfonamides is 1. The SMILES string of the molecule is O=S(=O)(Nc1cnc(N2CCOCC2)nc1)c1cccc(C(F)(F)F)c1. The molecule has 0 unspecified atom stereocenters. The zero-order chi connectivity index (χ0) is 18.8. The lowest BCUT2D eigenvalue weighted by Gasteiger charge is -2.26. The van der Waals surface area contributed by atoms with Gasteiger partial charge in [-0.1, -0.05) is 6.07 Å². The van der Waals surface area contributed by atoms with Crippen LogP contribution < -0.4 is 9.62 Å². The van der Waals surface area contributed by atoms with Crippen LogP contribution in [0.5, 0.6) is 0 Å². The first-order valence-electron chi connectivity index (χ1n) is 7.60. The van der Waals surface area contributed by atoms with Crippen LogP contribution in [0.15, 0.2) is 41.6 Å². The Morgan fingerprint density at radius 2 is 1.77 bits per heavy atom. The van der Waals surface area contributed by atoms with E-state index in [1.807, 2.05) is 4.90 Å². The van der Waals surface area contributed by atoms with Crippen LogP contribution in [0.4, 0.5) is 24.8 Å². The lowest BCUT2D eigenvalue weighted by atomic mass is 10.2. The normalized spacial score (nSPS) is 15.7. The standard InChI is InChI=1S/C15H15F3N4O3S/c16-15(17,18)11-2-1-3-13(8-11)26(23,24)21-12-9-19-14(20-10-12)22-4-6-25-7-5-22/h1-3,8-10,21H,4-7H2. The molecule has 2 aromatic rings. The van der Waals surface area contributed by atoms with E-state index in [1.54, 1.807) is 0 Å². The molecule has 1 saturated heterocycles. The third-order valence-corrected chi connectivity index (χ3v) is 5.03. The van der Waals surface area contributed by atoms with Gasteiger partial charge in [-0.15, -0.1) is 0 Å². The van der Waals surface area contributed by atoms with E-state index in [0.717, 1.165) is 18.2 Å². The lowest BCUT2D eigenvalue weighted by molar-refractivity contribution is -0.137. The molecule has 1 aromatic heterocycles. The summed E-state index contributed by atoms with van der Waals surface area (Å²) in [6.07, 6.45) is -2.10. The van der Waals surface area contributed by atoms with E-state index in [9.17, 15) is 21.6 Å². The maximum Gasteiger partial charge on any atom is 0.416 e. The fourth-order valence-electron chi connectivity index (χ4n) is 2.35. The van der Waals surface area contributed by atoms with Gasteiger partial charge in [0.25, 0.3) is 10.0 Å². The predicted molar refractivity (Wildman–Crippen MR) is 87.3 cm³/mol. The molecule has 1 aliphatic heterocycles. The Morgan fingerprint density at radius 1 is 1.12 bits per heavy atom. The van der Waals surface area contributed by atoms with Crippen LogP contribution in [-0.2, 0) is 20.9 Å². The minimum Gasteiger partial charge on any atom is -0.378 e.